The minimum Gasteiger partial charge on any atom is -0.361 e. The highest BCUT2D eigenvalue weighted by atomic mass is 16.1. The minimum atomic E-state index is 0.194. The van der Waals surface area contributed by atoms with Crippen molar-refractivity contribution < 1.29 is 4.79 Å². The van der Waals surface area contributed by atoms with E-state index < -0.39 is 0 Å². The molecule has 1 aromatic heterocycles. The maximum atomic E-state index is 11.2. The van der Waals surface area contributed by atoms with Crippen LogP contribution in [0.2, 0.25) is 0 Å². The number of hydrogen-bond acceptors (Lipinski definition) is 2. The summed E-state index contributed by atoms with van der Waals surface area (Å²) in [6.45, 7) is 3.04. The number of hydrogen-bond donors (Lipinski definition) is 3. The molecule has 2 aromatic rings. The third-order valence-corrected chi connectivity index (χ3v) is 4.05. The summed E-state index contributed by atoms with van der Waals surface area (Å²) in [7, 11) is 0. The SMILES string of the molecule is CC(CC1CCC(=O)N1)NCc1cccc2[nH]ccc12. The lowest BCUT2D eigenvalue weighted by Gasteiger charge is -2.18. The van der Waals surface area contributed by atoms with E-state index in [9.17, 15) is 4.79 Å². The molecule has 2 heterocycles. The number of benzene rings is 1. The molecule has 0 bridgehead atoms. The summed E-state index contributed by atoms with van der Waals surface area (Å²) < 4.78 is 0. The largest absolute Gasteiger partial charge is 0.361 e. The molecule has 106 valence electrons. The Morgan fingerprint density at radius 3 is 3.10 bits per heavy atom. The molecule has 0 radical (unpaired) electrons. The van der Waals surface area contributed by atoms with Crippen molar-refractivity contribution in [1.82, 2.24) is 15.6 Å². The third kappa shape index (κ3) is 2.85. The normalized spacial score (nSPS) is 20.2. The number of carbonyl (C=O) groups is 1. The zero-order valence-corrected chi connectivity index (χ0v) is 11.8. The molecule has 3 rings (SSSR count). The van der Waals surface area contributed by atoms with Crippen LogP contribution < -0.4 is 10.6 Å². The lowest BCUT2D eigenvalue weighted by Crippen LogP contribution is -2.34. The summed E-state index contributed by atoms with van der Waals surface area (Å²) in [6, 6.07) is 9.19. The number of nitrogens with one attached hydrogen (secondary N) is 3. The Morgan fingerprint density at radius 1 is 1.40 bits per heavy atom. The zero-order valence-electron chi connectivity index (χ0n) is 11.8. The van der Waals surface area contributed by atoms with Crippen molar-refractivity contribution in [2.24, 2.45) is 0 Å². The fourth-order valence-corrected chi connectivity index (χ4v) is 2.95. The van der Waals surface area contributed by atoms with Crippen molar-refractivity contribution in [2.45, 2.75) is 44.8 Å². The van der Waals surface area contributed by atoms with Crippen molar-refractivity contribution in [2.75, 3.05) is 0 Å². The molecule has 1 fully saturated rings. The van der Waals surface area contributed by atoms with E-state index in [4.69, 9.17) is 0 Å². The molecule has 4 nitrogen and oxygen atoms in total. The summed E-state index contributed by atoms with van der Waals surface area (Å²) >= 11 is 0. The Morgan fingerprint density at radius 2 is 2.30 bits per heavy atom. The fraction of sp³-hybridized carbons (Fsp3) is 0.438. The predicted molar refractivity (Wildman–Crippen MR) is 80.4 cm³/mol. The van der Waals surface area contributed by atoms with Gasteiger partial charge in [-0.15, -0.1) is 0 Å². The summed E-state index contributed by atoms with van der Waals surface area (Å²) in [5.74, 6) is 0.194. The van der Waals surface area contributed by atoms with Gasteiger partial charge < -0.3 is 15.6 Å². The quantitative estimate of drug-likeness (QED) is 0.781. The molecule has 20 heavy (non-hydrogen) atoms. The van der Waals surface area contributed by atoms with Gasteiger partial charge in [0.05, 0.1) is 0 Å². The summed E-state index contributed by atoms with van der Waals surface area (Å²) in [4.78, 5) is 14.4. The lowest BCUT2D eigenvalue weighted by molar-refractivity contribution is -0.119. The number of fused-ring (bicyclic) bond motifs is 1. The van der Waals surface area contributed by atoms with Crippen molar-refractivity contribution in [3.05, 3.63) is 36.0 Å². The van der Waals surface area contributed by atoms with Crippen LogP contribution >= 0.6 is 0 Å². The molecule has 1 amide bonds. The van der Waals surface area contributed by atoms with Gasteiger partial charge in [0.2, 0.25) is 5.91 Å². The number of aromatic amines is 1. The van der Waals surface area contributed by atoms with Crippen LogP contribution in [0.15, 0.2) is 30.5 Å². The summed E-state index contributed by atoms with van der Waals surface area (Å²) in [6.07, 6.45) is 4.62. The Kier molecular flexibility index (Phi) is 3.74. The molecular formula is C16H21N3O. The van der Waals surface area contributed by atoms with Gasteiger partial charge >= 0.3 is 0 Å². The maximum absolute atomic E-state index is 11.2. The Balaban J connectivity index is 1.56. The topological polar surface area (TPSA) is 56.9 Å². The third-order valence-electron chi connectivity index (χ3n) is 4.05. The number of H-pyrrole nitrogens is 1. The van der Waals surface area contributed by atoms with Crippen molar-refractivity contribution >= 4 is 16.8 Å². The van der Waals surface area contributed by atoms with Crippen LogP contribution in [0.5, 0.6) is 0 Å². The molecule has 4 heteroatoms. The van der Waals surface area contributed by atoms with Gasteiger partial charge in [-0.2, -0.15) is 0 Å². The van der Waals surface area contributed by atoms with E-state index in [1.807, 2.05) is 6.20 Å². The van der Waals surface area contributed by atoms with Crippen LogP contribution in [-0.4, -0.2) is 23.0 Å². The van der Waals surface area contributed by atoms with Gasteiger partial charge in [0.25, 0.3) is 0 Å². The van der Waals surface area contributed by atoms with Gasteiger partial charge in [-0.3, -0.25) is 4.79 Å². The second kappa shape index (κ2) is 5.67. The monoisotopic (exact) mass is 271 g/mol. The average molecular weight is 271 g/mol. The van der Waals surface area contributed by atoms with Crippen LogP contribution in [-0.2, 0) is 11.3 Å². The van der Waals surface area contributed by atoms with E-state index in [0.29, 0.717) is 18.5 Å². The van der Waals surface area contributed by atoms with Crippen LogP contribution in [0, 0.1) is 0 Å². The molecule has 0 aliphatic carbocycles. The van der Waals surface area contributed by atoms with Crippen LogP contribution in [0.1, 0.15) is 31.7 Å². The first-order valence-electron chi connectivity index (χ1n) is 7.30. The van der Waals surface area contributed by atoms with Crippen LogP contribution in [0.3, 0.4) is 0 Å². The van der Waals surface area contributed by atoms with E-state index in [-0.39, 0.29) is 5.91 Å². The van der Waals surface area contributed by atoms with Gasteiger partial charge in [-0.1, -0.05) is 12.1 Å². The van der Waals surface area contributed by atoms with Gasteiger partial charge in [0.1, 0.15) is 0 Å². The van der Waals surface area contributed by atoms with E-state index in [1.165, 1.54) is 16.5 Å². The molecule has 2 unspecified atom stereocenters. The summed E-state index contributed by atoms with van der Waals surface area (Å²) in [5.41, 5.74) is 2.49. The number of aromatic nitrogens is 1. The van der Waals surface area contributed by atoms with Gasteiger partial charge in [-0.05, 0) is 37.5 Å². The second-order valence-corrected chi connectivity index (χ2v) is 5.68. The molecule has 1 aliphatic heterocycles. The highest BCUT2D eigenvalue weighted by molar-refractivity contribution is 5.82. The van der Waals surface area contributed by atoms with Crippen LogP contribution in [0.25, 0.3) is 10.9 Å². The highest BCUT2D eigenvalue weighted by Crippen LogP contribution is 2.18. The second-order valence-electron chi connectivity index (χ2n) is 5.68. The van der Waals surface area contributed by atoms with E-state index in [1.54, 1.807) is 0 Å². The Labute approximate surface area is 118 Å². The lowest BCUT2D eigenvalue weighted by atomic mass is 10.1. The molecule has 3 N–H and O–H groups in total. The first-order valence-corrected chi connectivity index (χ1v) is 7.30. The zero-order chi connectivity index (χ0) is 13.9. The minimum absolute atomic E-state index is 0.194. The molecule has 2 atom stereocenters. The molecule has 1 aromatic carbocycles. The van der Waals surface area contributed by atoms with Gasteiger partial charge in [-0.25, -0.2) is 0 Å². The van der Waals surface area contributed by atoms with E-state index in [2.05, 4.69) is 46.8 Å². The number of amides is 1. The average Bonchev–Trinajstić information content (AvgIpc) is 3.05. The maximum Gasteiger partial charge on any atom is 0.220 e. The van der Waals surface area contributed by atoms with E-state index in [0.717, 1.165) is 19.4 Å². The fourth-order valence-electron chi connectivity index (χ4n) is 2.95. The van der Waals surface area contributed by atoms with Crippen molar-refractivity contribution in [3.63, 3.8) is 0 Å². The highest BCUT2D eigenvalue weighted by Gasteiger charge is 2.22. The van der Waals surface area contributed by atoms with E-state index >= 15 is 0 Å². The standard InChI is InChI=1S/C16H21N3O/c1-11(9-13-5-6-16(20)19-13)18-10-12-3-2-4-15-14(12)7-8-17-15/h2-4,7-8,11,13,17-18H,5-6,9-10H2,1H3,(H,19,20). The van der Waals surface area contributed by atoms with Crippen molar-refractivity contribution in [3.8, 4) is 0 Å². The molecule has 0 saturated carbocycles. The molecule has 1 saturated heterocycles. The number of rotatable bonds is 5. The first kappa shape index (κ1) is 13.2. The van der Waals surface area contributed by atoms with Gasteiger partial charge in [0, 0.05) is 42.1 Å². The first-order chi connectivity index (χ1) is 9.72. The smallest absolute Gasteiger partial charge is 0.220 e. The van der Waals surface area contributed by atoms with Gasteiger partial charge in [0.15, 0.2) is 0 Å². The Hall–Kier alpha value is -1.81. The summed E-state index contributed by atoms with van der Waals surface area (Å²) in [5, 5.41) is 7.86. The van der Waals surface area contributed by atoms with Crippen LogP contribution in [0.4, 0.5) is 0 Å². The Bertz CT molecular complexity index is 605. The predicted octanol–water partition coefficient (Wildman–Crippen LogP) is 2.31. The molecule has 0 spiro atoms. The van der Waals surface area contributed by atoms with Crippen molar-refractivity contribution in [1.29, 1.82) is 0 Å². The number of carbonyl (C=O) groups excluding carboxylic acids is 1. The molecule has 1 aliphatic rings. The molecular weight excluding hydrogens is 250 g/mol.